The molecule has 190 valence electrons. The second-order valence-corrected chi connectivity index (χ2v) is 8.71. The molecule has 1 unspecified atom stereocenters. The van der Waals surface area contributed by atoms with Gasteiger partial charge in [0.05, 0.1) is 25.7 Å². The maximum absolute atomic E-state index is 12.7. The van der Waals surface area contributed by atoms with Gasteiger partial charge in [-0.3, -0.25) is 9.20 Å². The van der Waals surface area contributed by atoms with Gasteiger partial charge in [-0.15, -0.1) is 0 Å². The fourth-order valence-corrected chi connectivity index (χ4v) is 4.61. The molecule has 1 amide bonds. The number of amides is 1. The van der Waals surface area contributed by atoms with Crippen LogP contribution in [0.4, 0.5) is 5.82 Å². The Labute approximate surface area is 213 Å². The highest BCUT2D eigenvalue weighted by Gasteiger charge is 2.30. The van der Waals surface area contributed by atoms with Gasteiger partial charge in [0.2, 0.25) is 5.91 Å². The number of hydrogen-bond donors (Lipinski definition) is 3. The third kappa shape index (κ3) is 4.65. The summed E-state index contributed by atoms with van der Waals surface area (Å²) in [7, 11) is 3.21. The molecule has 4 aromatic rings. The van der Waals surface area contributed by atoms with Gasteiger partial charge in [-0.05, 0) is 37.1 Å². The van der Waals surface area contributed by atoms with E-state index in [0.717, 1.165) is 17.5 Å². The van der Waals surface area contributed by atoms with Crippen LogP contribution in [0.15, 0.2) is 54.9 Å². The van der Waals surface area contributed by atoms with E-state index in [-0.39, 0.29) is 11.5 Å². The summed E-state index contributed by atoms with van der Waals surface area (Å²) < 4.78 is 12.7. The predicted octanol–water partition coefficient (Wildman–Crippen LogP) is 3.72. The Bertz CT molecular complexity index is 1460. The van der Waals surface area contributed by atoms with Crippen molar-refractivity contribution in [3.63, 3.8) is 0 Å². The molecule has 10 nitrogen and oxygen atoms in total. The van der Waals surface area contributed by atoms with E-state index in [4.69, 9.17) is 14.5 Å². The molecule has 3 heterocycles. The Kier molecular flexibility index (Phi) is 6.63. The lowest BCUT2D eigenvalue weighted by molar-refractivity contribution is -0.124. The Morgan fingerprint density at radius 2 is 2.00 bits per heavy atom. The fourth-order valence-electron chi connectivity index (χ4n) is 4.61. The number of anilines is 1. The molecule has 1 aliphatic rings. The zero-order chi connectivity index (χ0) is 25.9. The number of piperidine rings is 1. The molecular weight excluding hydrogens is 474 g/mol. The maximum Gasteiger partial charge on any atom is 0.335 e. The van der Waals surface area contributed by atoms with Crippen LogP contribution in [-0.4, -0.2) is 52.1 Å². The number of rotatable bonds is 8. The minimum Gasteiger partial charge on any atom is -0.497 e. The maximum atomic E-state index is 12.7. The number of carbonyl (C=O) groups is 2. The molecule has 3 N–H and O–H groups in total. The molecule has 37 heavy (non-hydrogen) atoms. The molecule has 1 saturated heterocycles. The predicted molar refractivity (Wildman–Crippen MR) is 137 cm³/mol. The SMILES string of the molecule is COc1ccc(CNc2nccn3c(C4CCCNC4=O)nc(-c4ccc(C(=O)O)cc4)c23)c(OC)c1. The molecule has 0 spiro atoms. The van der Waals surface area contributed by atoms with Crippen LogP contribution in [0.2, 0.25) is 0 Å². The van der Waals surface area contributed by atoms with Crippen LogP contribution in [0.25, 0.3) is 16.8 Å². The average molecular weight is 502 g/mol. The molecule has 1 atom stereocenters. The fraction of sp³-hybridized carbons (Fsp3) is 0.259. The number of hydrogen-bond acceptors (Lipinski definition) is 7. The molecule has 0 bridgehead atoms. The van der Waals surface area contributed by atoms with Crippen molar-refractivity contribution in [2.24, 2.45) is 0 Å². The van der Waals surface area contributed by atoms with E-state index in [9.17, 15) is 14.7 Å². The Balaban J connectivity index is 1.60. The lowest BCUT2D eigenvalue weighted by atomic mass is 9.98. The number of methoxy groups -OCH3 is 2. The van der Waals surface area contributed by atoms with Crippen LogP contribution in [0.5, 0.6) is 11.5 Å². The van der Waals surface area contributed by atoms with Gasteiger partial charge in [-0.2, -0.15) is 0 Å². The topological polar surface area (TPSA) is 127 Å². The lowest BCUT2D eigenvalue weighted by Gasteiger charge is -2.20. The Morgan fingerprint density at radius 3 is 2.70 bits per heavy atom. The molecule has 0 saturated carbocycles. The van der Waals surface area contributed by atoms with E-state index >= 15 is 0 Å². The van der Waals surface area contributed by atoms with Gasteiger partial charge in [0.25, 0.3) is 0 Å². The number of ether oxygens (including phenoxy) is 2. The summed E-state index contributed by atoms with van der Waals surface area (Å²) in [4.78, 5) is 33.6. The van der Waals surface area contributed by atoms with E-state index in [0.29, 0.717) is 53.9 Å². The monoisotopic (exact) mass is 501 g/mol. The number of benzene rings is 2. The van der Waals surface area contributed by atoms with E-state index in [1.54, 1.807) is 50.9 Å². The van der Waals surface area contributed by atoms with Gasteiger partial charge in [-0.1, -0.05) is 12.1 Å². The number of carbonyl (C=O) groups excluding carboxylic acids is 1. The number of aromatic nitrogens is 3. The normalized spacial score (nSPS) is 15.3. The highest BCUT2D eigenvalue weighted by atomic mass is 16.5. The standard InChI is InChI=1S/C27H27N5O5/c1-36-19-10-9-18(21(14-19)37-2)15-30-24-23-22(16-5-7-17(8-6-16)27(34)35)31-25(32(23)13-12-28-24)20-4-3-11-29-26(20)33/h5-10,12-14,20H,3-4,11,15H2,1-2H3,(H,28,30)(H,29,33)(H,34,35). The van der Waals surface area contributed by atoms with Crippen LogP contribution < -0.4 is 20.1 Å². The third-order valence-electron chi connectivity index (χ3n) is 6.52. The second kappa shape index (κ2) is 10.2. The Hall–Kier alpha value is -4.60. The summed E-state index contributed by atoms with van der Waals surface area (Å²) in [6.07, 6.45) is 5.02. The first-order valence-electron chi connectivity index (χ1n) is 11.9. The van der Waals surface area contributed by atoms with Crippen molar-refractivity contribution < 1.29 is 24.2 Å². The van der Waals surface area contributed by atoms with Crippen LogP contribution in [0.1, 0.15) is 40.5 Å². The van der Waals surface area contributed by atoms with E-state index < -0.39 is 11.9 Å². The Morgan fingerprint density at radius 1 is 1.19 bits per heavy atom. The van der Waals surface area contributed by atoms with Crippen LogP contribution in [-0.2, 0) is 11.3 Å². The van der Waals surface area contributed by atoms with E-state index in [1.807, 2.05) is 22.6 Å². The van der Waals surface area contributed by atoms with E-state index in [1.165, 1.54) is 0 Å². The first-order chi connectivity index (χ1) is 18.0. The van der Waals surface area contributed by atoms with Crippen LogP contribution in [0, 0.1) is 0 Å². The number of imidazole rings is 1. The number of fused-ring (bicyclic) bond motifs is 1. The molecule has 5 rings (SSSR count). The lowest BCUT2D eigenvalue weighted by Crippen LogP contribution is -2.35. The molecule has 1 aliphatic heterocycles. The summed E-state index contributed by atoms with van der Waals surface area (Å²) in [6, 6.07) is 12.1. The first kappa shape index (κ1) is 24.1. The van der Waals surface area contributed by atoms with Gasteiger partial charge >= 0.3 is 5.97 Å². The summed E-state index contributed by atoms with van der Waals surface area (Å²) in [5, 5.41) is 15.6. The second-order valence-electron chi connectivity index (χ2n) is 8.71. The zero-order valence-electron chi connectivity index (χ0n) is 20.5. The average Bonchev–Trinajstić information content (AvgIpc) is 3.32. The molecular formula is C27H27N5O5. The first-order valence-corrected chi connectivity index (χ1v) is 11.9. The quantitative estimate of drug-likeness (QED) is 0.333. The smallest absolute Gasteiger partial charge is 0.335 e. The van der Waals surface area contributed by atoms with Crippen molar-refractivity contribution in [1.29, 1.82) is 0 Å². The number of carboxylic acids is 1. The molecule has 2 aromatic heterocycles. The van der Waals surface area contributed by atoms with Crippen molar-refractivity contribution >= 4 is 23.2 Å². The van der Waals surface area contributed by atoms with E-state index in [2.05, 4.69) is 15.6 Å². The van der Waals surface area contributed by atoms with Crippen molar-refractivity contribution in [1.82, 2.24) is 19.7 Å². The highest BCUT2D eigenvalue weighted by molar-refractivity contribution is 5.91. The molecule has 2 aromatic carbocycles. The van der Waals surface area contributed by atoms with Crippen molar-refractivity contribution in [3.05, 3.63) is 71.8 Å². The number of nitrogens with one attached hydrogen (secondary N) is 2. The van der Waals surface area contributed by atoms with Gasteiger partial charge in [0, 0.05) is 42.7 Å². The number of carboxylic acid groups (broad SMARTS) is 1. The molecule has 1 fully saturated rings. The molecule has 10 heteroatoms. The number of nitrogens with zero attached hydrogens (tertiary/aromatic N) is 3. The van der Waals surface area contributed by atoms with Gasteiger partial charge < -0.3 is 25.2 Å². The summed E-state index contributed by atoms with van der Waals surface area (Å²) in [5.74, 6) is 1.11. The van der Waals surface area contributed by atoms with Crippen molar-refractivity contribution in [2.75, 3.05) is 26.1 Å². The van der Waals surface area contributed by atoms with Crippen LogP contribution in [0.3, 0.4) is 0 Å². The zero-order valence-corrected chi connectivity index (χ0v) is 20.5. The molecule has 0 aliphatic carbocycles. The summed E-state index contributed by atoms with van der Waals surface area (Å²) in [5.41, 5.74) is 3.13. The minimum absolute atomic E-state index is 0.0554. The van der Waals surface area contributed by atoms with Crippen molar-refractivity contribution in [3.8, 4) is 22.8 Å². The largest absolute Gasteiger partial charge is 0.497 e. The summed E-state index contributed by atoms with van der Waals surface area (Å²) in [6.45, 7) is 1.07. The van der Waals surface area contributed by atoms with Crippen LogP contribution >= 0.6 is 0 Å². The molecule has 0 radical (unpaired) electrons. The number of aromatic carboxylic acids is 1. The van der Waals surface area contributed by atoms with Gasteiger partial charge in [0.15, 0.2) is 5.82 Å². The third-order valence-corrected chi connectivity index (χ3v) is 6.52. The van der Waals surface area contributed by atoms with Gasteiger partial charge in [-0.25, -0.2) is 14.8 Å². The minimum atomic E-state index is -1.00. The van der Waals surface area contributed by atoms with Crippen molar-refractivity contribution in [2.45, 2.75) is 25.3 Å². The summed E-state index contributed by atoms with van der Waals surface area (Å²) >= 11 is 0. The van der Waals surface area contributed by atoms with Gasteiger partial charge in [0.1, 0.15) is 28.5 Å². The highest BCUT2D eigenvalue weighted by Crippen LogP contribution is 2.34.